The molecule has 1 heterocycles. The maximum Gasteiger partial charge on any atom is 0.138 e. The van der Waals surface area contributed by atoms with E-state index in [-0.39, 0.29) is 11.5 Å². The Bertz CT molecular complexity index is 423. The number of nitrogens with two attached hydrogens (primary N) is 1. The van der Waals surface area contributed by atoms with Crippen LogP contribution >= 0.6 is 0 Å². The first-order valence-corrected chi connectivity index (χ1v) is 6.43. The van der Waals surface area contributed by atoms with Crippen LogP contribution in [0.2, 0.25) is 0 Å². The van der Waals surface area contributed by atoms with E-state index in [1.165, 1.54) is 0 Å². The van der Waals surface area contributed by atoms with Gasteiger partial charge in [-0.05, 0) is 18.8 Å². The molecule has 1 aliphatic rings. The Morgan fingerprint density at radius 2 is 2.11 bits per heavy atom. The average molecular weight is 250 g/mol. The van der Waals surface area contributed by atoms with Gasteiger partial charge in [0.05, 0.1) is 6.10 Å². The van der Waals surface area contributed by atoms with E-state index >= 15 is 0 Å². The lowest BCUT2D eigenvalue weighted by atomic mass is 9.96. The molecule has 1 unspecified atom stereocenters. The van der Waals surface area contributed by atoms with Crippen LogP contribution in [-0.2, 0) is 5.41 Å². The first kappa shape index (κ1) is 13.1. The minimum Gasteiger partial charge on any atom is -0.391 e. The van der Waals surface area contributed by atoms with Gasteiger partial charge in [-0.1, -0.05) is 20.8 Å². The summed E-state index contributed by atoms with van der Waals surface area (Å²) in [7, 11) is 0. The monoisotopic (exact) mass is 250 g/mol. The topological polar surface area (TPSA) is 84.1 Å². The van der Waals surface area contributed by atoms with Crippen molar-refractivity contribution in [3.05, 3.63) is 11.9 Å². The van der Waals surface area contributed by atoms with E-state index in [0.717, 1.165) is 12.8 Å². The van der Waals surface area contributed by atoms with Gasteiger partial charge in [0, 0.05) is 18.0 Å². The zero-order valence-corrected chi connectivity index (χ0v) is 11.3. The normalized spacial score (nSPS) is 17.6. The molecule has 0 aromatic carbocycles. The Hall–Kier alpha value is -1.36. The zero-order chi connectivity index (χ0) is 13.3. The molecule has 0 bridgehead atoms. The molecule has 5 nitrogen and oxygen atoms in total. The van der Waals surface area contributed by atoms with Crippen LogP contribution in [0.25, 0.3) is 0 Å². The second-order valence-electron chi connectivity index (χ2n) is 6.04. The van der Waals surface area contributed by atoms with Crippen molar-refractivity contribution < 1.29 is 5.11 Å². The molecule has 0 amide bonds. The summed E-state index contributed by atoms with van der Waals surface area (Å²) in [6.07, 6.45) is 1.96. The SMILES string of the molecule is CC(C)(C)c1nc(N)cc(NCC(O)C2CC2)n1. The number of anilines is 2. The summed E-state index contributed by atoms with van der Waals surface area (Å²) in [6, 6.07) is 1.70. The number of nitrogens with zero attached hydrogens (tertiary/aromatic N) is 2. The van der Waals surface area contributed by atoms with Crippen LogP contribution in [0, 0.1) is 5.92 Å². The van der Waals surface area contributed by atoms with Gasteiger partial charge in [-0.15, -0.1) is 0 Å². The predicted molar refractivity (Wildman–Crippen MR) is 72.4 cm³/mol. The van der Waals surface area contributed by atoms with E-state index in [9.17, 15) is 5.11 Å². The second-order valence-corrected chi connectivity index (χ2v) is 6.04. The fraction of sp³-hybridized carbons (Fsp3) is 0.692. The lowest BCUT2D eigenvalue weighted by molar-refractivity contribution is 0.164. The molecule has 1 aromatic heterocycles. The van der Waals surface area contributed by atoms with Gasteiger partial charge in [0.25, 0.3) is 0 Å². The molecule has 1 aromatic rings. The minimum atomic E-state index is -0.292. The summed E-state index contributed by atoms with van der Waals surface area (Å²) in [6.45, 7) is 6.66. The highest BCUT2D eigenvalue weighted by atomic mass is 16.3. The Labute approximate surface area is 108 Å². The van der Waals surface area contributed by atoms with Gasteiger partial charge in [-0.2, -0.15) is 0 Å². The van der Waals surface area contributed by atoms with E-state index in [0.29, 0.717) is 29.9 Å². The minimum absolute atomic E-state index is 0.138. The van der Waals surface area contributed by atoms with E-state index < -0.39 is 0 Å². The first-order chi connectivity index (χ1) is 8.36. The largest absolute Gasteiger partial charge is 0.391 e. The smallest absolute Gasteiger partial charge is 0.138 e. The average Bonchev–Trinajstić information content (AvgIpc) is 3.07. The summed E-state index contributed by atoms with van der Waals surface area (Å²) in [5, 5.41) is 12.9. The fourth-order valence-electron chi connectivity index (χ4n) is 1.75. The van der Waals surface area contributed by atoms with Crippen LogP contribution in [0.3, 0.4) is 0 Å². The highest BCUT2D eigenvalue weighted by Crippen LogP contribution is 2.32. The summed E-state index contributed by atoms with van der Waals surface area (Å²) >= 11 is 0. The molecule has 0 aliphatic heterocycles. The first-order valence-electron chi connectivity index (χ1n) is 6.43. The molecular formula is C13H22N4O. The standard InChI is InChI=1S/C13H22N4O/c1-13(2,3)12-16-10(14)6-11(17-12)15-7-9(18)8-4-5-8/h6,8-9,18H,4-5,7H2,1-3H3,(H3,14,15,16,17). The van der Waals surface area contributed by atoms with Crippen molar-refractivity contribution in [2.45, 2.75) is 45.1 Å². The molecule has 5 heteroatoms. The van der Waals surface area contributed by atoms with Crippen LogP contribution in [0.5, 0.6) is 0 Å². The highest BCUT2D eigenvalue weighted by Gasteiger charge is 2.29. The van der Waals surface area contributed by atoms with Crippen molar-refractivity contribution in [1.82, 2.24) is 9.97 Å². The van der Waals surface area contributed by atoms with Gasteiger partial charge >= 0.3 is 0 Å². The summed E-state index contributed by atoms with van der Waals surface area (Å²) in [5.41, 5.74) is 5.64. The van der Waals surface area contributed by atoms with E-state index in [1.54, 1.807) is 6.07 Å². The Balaban J connectivity index is 2.05. The van der Waals surface area contributed by atoms with Gasteiger partial charge in [-0.3, -0.25) is 0 Å². The quantitative estimate of drug-likeness (QED) is 0.755. The van der Waals surface area contributed by atoms with Gasteiger partial charge in [0.2, 0.25) is 0 Å². The highest BCUT2D eigenvalue weighted by molar-refractivity contribution is 5.45. The Morgan fingerprint density at radius 3 is 2.67 bits per heavy atom. The Morgan fingerprint density at radius 1 is 1.44 bits per heavy atom. The predicted octanol–water partition coefficient (Wildman–Crippen LogP) is 1.54. The number of aliphatic hydroxyl groups is 1. The number of nitrogen functional groups attached to an aromatic ring is 1. The number of nitrogens with one attached hydrogen (secondary N) is 1. The number of hydrogen-bond acceptors (Lipinski definition) is 5. The van der Waals surface area contributed by atoms with Crippen LogP contribution in [0.4, 0.5) is 11.6 Å². The third-order valence-electron chi connectivity index (χ3n) is 3.08. The van der Waals surface area contributed by atoms with E-state index in [2.05, 4.69) is 15.3 Å². The zero-order valence-electron chi connectivity index (χ0n) is 11.3. The molecule has 18 heavy (non-hydrogen) atoms. The molecule has 1 fully saturated rings. The van der Waals surface area contributed by atoms with Gasteiger partial charge in [0.1, 0.15) is 17.5 Å². The summed E-state index contributed by atoms with van der Waals surface area (Å²) in [4.78, 5) is 8.69. The van der Waals surface area contributed by atoms with Gasteiger partial charge in [0.15, 0.2) is 0 Å². The molecule has 100 valence electrons. The summed E-state index contributed by atoms with van der Waals surface area (Å²) < 4.78 is 0. The lowest BCUT2D eigenvalue weighted by Crippen LogP contribution is -2.23. The molecule has 1 atom stereocenters. The van der Waals surface area contributed by atoms with Crippen LogP contribution < -0.4 is 11.1 Å². The maximum atomic E-state index is 9.81. The number of hydrogen-bond donors (Lipinski definition) is 3. The van der Waals surface area contributed by atoms with E-state index in [1.807, 2.05) is 20.8 Å². The Kier molecular flexibility index (Phi) is 3.43. The third kappa shape index (κ3) is 3.32. The fourth-order valence-corrected chi connectivity index (χ4v) is 1.75. The molecule has 0 radical (unpaired) electrons. The molecule has 2 rings (SSSR count). The number of aromatic nitrogens is 2. The van der Waals surface area contributed by atoms with Gasteiger partial charge in [-0.25, -0.2) is 9.97 Å². The van der Waals surface area contributed by atoms with Crippen molar-refractivity contribution in [2.24, 2.45) is 5.92 Å². The third-order valence-corrected chi connectivity index (χ3v) is 3.08. The number of aliphatic hydroxyl groups excluding tert-OH is 1. The molecule has 4 N–H and O–H groups in total. The van der Waals surface area contributed by atoms with Crippen LogP contribution in [-0.4, -0.2) is 27.7 Å². The van der Waals surface area contributed by atoms with Crippen molar-refractivity contribution in [3.63, 3.8) is 0 Å². The van der Waals surface area contributed by atoms with Crippen molar-refractivity contribution in [3.8, 4) is 0 Å². The van der Waals surface area contributed by atoms with E-state index in [4.69, 9.17) is 5.73 Å². The van der Waals surface area contributed by atoms with Crippen LogP contribution in [0.15, 0.2) is 6.07 Å². The van der Waals surface area contributed by atoms with Crippen molar-refractivity contribution in [1.29, 1.82) is 0 Å². The molecule has 0 saturated heterocycles. The van der Waals surface area contributed by atoms with Crippen LogP contribution in [0.1, 0.15) is 39.4 Å². The lowest BCUT2D eigenvalue weighted by Gasteiger charge is -2.18. The van der Waals surface area contributed by atoms with Gasteiger partial charge < -0.3 is 16.2 Å². The summed E-state index contributed by atoms with van der Waals surface area (Å²) in [5.74, 6) is 2.31. The number of rotatable bonds is 4. The molecule has 1 saturated carbocycles. The second kappa shape index (κ2) is 4.72. The molecule has 1 aliphatic carbocycles. The van der Waals surface area contributed by atoms with Crippen molar-refractivity contribution >= 4 is 11.6 Å². The molecular weight excluding hydrogens is 228 g/mol. The van der Waals surface area contributed by atoms with Crippen molar-refractivity contribution in [2.75, 3.05) is 17.6 Å². The molecule has 0 spiro atoms. The maximum absolute atomic E-state index is 9.81.